The van der Waals surface area contributed by atoms with E-state index >= 15 is 0 Å². The van der Waals surface area contributed by atoms with Crippen molar-refractivity contribution in [2.45, 2.75) is 243 Å². The van der Waals surface area contributed by atoms with Gasteiger partial charge in [0.05, 0.1) is 0 Å². The maximum absolute atomic E-state index is 12.3. The number of carbonyl (C=O) groups is 2. The number of esters is 2. The zero-order chi connectivity index (χ0) is 38.5. The van der Waals surface area contributed by atoms with Gasteiger partial charge in [0.2, 0.25) is 0 Å². The van der Waals surface area contributed by atoms with E-state index in [1.54, 1.807) is 0 Å². The van der Waals surface area contributed by atoms with Gasteiger partial charge in [-0.1, -0.05) is 168 Å². The quantitative estimate of drug-likeness (QED) is 0.0372. The lowest BCUT2D eigenvalue weighted by molar-refractivity contribution is -0.236. The van der Waals surface area contributed by atoms with Crippen molar-refractivity contribution in [2.24, 2.45) is 0 Å². The monoisotopic (exact) mass is 759 g/mol. The molecule has 0 aromatic heterocycles. The molecule has 11 nitrogen and oxygen atoms in total. The van der Waals surface area contributed by atoms with E-state index in [-0.39, 0.29) is 26.1 Å². The van der Waals surface area contributed by atoms with Crippen molar-refractivity contribution in [3.63, 3.8) is 0 Å². The van der Waals surface area contributed by atoms with Crippen molar-refractivity contribution < 1.29 is 53.7 Å². The van der Waals surface area contributed by atoms with Gasteiger partial charge in [0, 0.05) is 12.8 Å². The first kappa shape index (κ1) is 47.8. The molecule has 2 rings (SSSR count). The van der Waals surface area contributed by atoms with E-state index in [1.807, 2.05) is 0 Å². The average molecular weight is 759 g/mol. The number of unbranched alkanes of at least 4 members (excludes halogenated alkanes) is 24. The van der Waals surface area contributed by atoms with Crippen LogP contribution in [0.2, 0.25) is 0 Å². The standard InChI is InChI=1S/C42H78O11/c1-3-5-7-9-11-13-15-17-19-21-23-25-27-29-35(43)49-31-33-37(45)39(47)42(52-33)53-40-38(46)34(51-41(40)48)32-50-36(44)30-28-26-24-22-20-18-16-14-12-10-8-6-4-2/h33-34,37-42,45-48H,3-32H2,1-2H3/t33-,34-,37-,38-,39+,40+,41+,42+/m1/s1. The number of hydrogen-bond acceptors (Lipinski definition) is 11. The molecular formula is C42H78O11. The molecule has 11 heteroatoms. The van der Waals surface area contributed by atoms with Gasteiger partial charge >= 0.3 is 11.9 Å². The summed E-state index contributed by atoms with van der Waals surface area (Å²) in [5.74, 6) is -0.795. The van der Waals surface area contributed by atoms with Crippen LogP contribution in [0.1, 0.15) is 194 Å². The molecule has 2 saturated heterocycles. The van der Waals surface area contributed by atoms with E-state index in [1.165, 1.54) is 128 Å². The highest BCUT2D eigenvalue weighted by Gasteiger charge is 2.50. The Labute approximate surface area is 321 Å². The largest absolute Gasteiger partial charge is 0.463 e. The minimum absolute atomic E-state index is 0.260. The third kappa shape index (κ3) is 21.5. The molecule has 0 radical (unpaired) electrons. The number of aliphatic hydroxyl groups is 4. The second kappa shape index (κ2) is 30.8. The lowest BCUT2D eigenvalue weighted by atomic mass is 10.0. The Hall–Kier alpha value is -1.34. The molecule has 8 atom stereocenters. The maximum atomic E-state index is 12.3. The van der Waals surface area contributed by atoms with Crippen LogP contribution in [-0.2, 0) is 33.3 Å². The average Bonchev–Trinajstić information content (AvgIpc) is 3.58. The van der Waals surface area contributed by atoms with Crippen molar-refractivity contribution in [2.75, 3.05) is 13.2 Å². The van der Waals surface area contributed by atoms with Crippen LogP contribution in [0.25, 0.3) is 0 Å². The molecule has 0 unspecified atom stereocenters. The van der Waals surface area contributed by atoms with Gasteiger partial charge in [0.15, 0.2) is 12.6 Å². The Morgan fingerprint density at radius 3 is 1.17 bits per heavy atom. The van der Waals surface area contributed by atoms with Gasteiger partial charge in [0.1, 0.15) is 49.8 Å². The lowest BCUT2D eigenvalue weighted by Crippen LogP contribution is -2.43. The molecule has 2 aliphatic heterocycles. The third-order valence-corrected chi connectivity index (χ3v) is 10.7. The van der Waals surface area contributed by atoms with Gasteiger partial charge in [-0.15, -0.1) is 0 Å². The van der Waals surface area contributed by atoms with Crippen LogP contribution < -0.4 is 0 Å². The molecule has 0 spiro atoms. The number of carbonyl (C=O) groups excluding carboxylic acids is 2. The van der Waals surface area contributed by atoms with Crippen molar-refractivity contribution in [1.29, 1.82) is 0 Å². The van der Waals surface area contributed by atoms with Crippen LogP contribution >= 0.6 is 0 Å². The summed E-state index contributed by atoms with van der Waals surface area (Å²) in [4.78, 5) is 24.6. The zero-order valence-electron chi connectivity index (χ0n) is 33.5. The number of hydrogen-bond donors (Lipinski definition) is 4. The molecule has 0 aliphatic carbocycles. The highest BCUT2D eigenvalue weighted by atomic mass is 16.7. The van der Waals surface area contributed by atoms with Gasteiger partial charge in [-0.3, -0.25) is 9.59 Å². The summed E-state index contributed by atoms with van der Waals surface area (Å²) in [5, 5.41) is 42.1. The number of aliphatic hydroxyl groups excluding tert-OH is 4. The minimum atomic E-state index is -1.57. The SMILES string of the molecule is CCCCCCCCCCCCCCCC(=O)OC[C@H]1O[C@@H](O[C@H]2[C@H](O)[C@@H](COC(=O)CCCCCCCCCCCCCCC)O[C@@H]2O)[C@@H](O)[C@@H]1O. The summed E-state index contributed by atoms with van der Waals surface area (Å²) in [7, 11) is 0. The van der Waals surface area contributed by atoms with Crippen LogP contribution in [-0.4, -0.2) is 94.8 Å². The predicted molar refractivity (Wildman–Crippen MR) is 205 cm³/mol. The summed E-state index contributed by atoms with van der Waals surface area (Å²) < 4.78 is 27.2. The van der Waals surface area contributed by atoms with Crippen LogP contribution in [0.3, 0.4) is 0 Å². The topological polar surface area (TPSA) is 161 Å². The smallest absolute Gasteiger partial charge is 0.305 e. The third-order valence-electron chi connectivity index (χ3n) is 10.7. The van der Waals surface area contributed by atoms with E-state index in [0.29, 0.717) is 0 Å². The Morgan fingerprint density at radius 1 is 0.453 bits per heavy atom. The highest BCUT2D eigenvalue weighted by Crippen LogP contribution is 2.30. The Kier molecular flexibility index (Phi) is 27.8. The Morgan fingerprint density at radius 2 is 0.792 bits per heavy atom. The maximum Gasteiger partial charge on any atom is 0.305 e. The predicted octanol–water partition coefficient (Wildman–Crippen LogP) is 7.95. The summed E-state index contributed by atoms with van der Waals surface area (Å²) in [6, 6.07) is 0. The number of rotatable bonds is 34. The molecule has 0 aromatic rings. The van der Waals surface area contributed by atoms with Crippen molar-refractivity contribution in [1.82, 2.24) is 0 Å². The summed E-state index contributed by atoms with van der Waals surface area (Å²) in [6.07, 6.45) is 21.5. The normalized spacial score (nSPS) is 25.6. The molecule has 312 valence electrons. The lowest BCUT2D eigenvalue weighted by Gasteiger charge is -2.23. The molecule has 53 heavy (non-hydrogen) atoms. The van der Waals surface area contributed by atoms with E-state index in [9.17, 15) is 30.0 Å². The summed E-state index contributed by atoms with van der Waals surface area (Å²) in [6.45, 7) is 3.96. The van der Waals surface area contributed by atoms with Gasteiger partial charge in [-0.2, -0.15) is 0 Å². The van der Waals surface area contributed by atoms with Crippen molar-refractivity contribution >= 4 is 11.9 Å². The first-order valence-electron chi connectivity index (χ1n) is 21.8. The van der Waals surface area contributed by atoms with E-state index in [0.717, 1.165) is 38.5 Å². The van der Waals surface area contributed by atoms with Crippen LogP contribution in [0.5, 0.6) is 0 Å². The van der Waals surface area contributed by atoms with Gasteiger partial charge < -0.3 is 44.1 Å². The Balaban J connectivity index is 1.51. The molecular weight excluding hydrogens is 680 g/mol. The molecule has 0 saturated carbocycles. The minimum Gasteiger partial charge on any atom is -0.463 e. The molecule has 2 aliphatic rings. The van der Waals surface area contributed by atoms with Crippen LogP contribution in [0, 0.1) is 0 Å². The van der Waals surface area contributed by atoms with E-state index in [4.69, 9.17) is 23.7 Å². The van der Waals surface area contributed by atoms with E-state index in [2.05, 4.69) is 13.8 Å². The summed E-state index contributed by atoms with van der Waals surface area (Å²) in [5.41, 5.74) is 0. The summed E-state index contributed by atoms with van der Waals surface area (Å²) >= 11 is 0. The van der Waals surface area contributed by atoms with Crippen molar-refractivity contribution in [3.05, 3.63) is 0 Å². The molecule has 2 heterocycles. The highest BCUT2D eigenvalue weighted by molar-refractivity contribution is 5.69. The van der Waals surface area contributed by atoms with Gasteiger partial charge in [-0.25, -0.2) is 0 Å². The molecule has 0 aromatic carbocycles. The van der Waals surface area contributed by atoms with Crippen LogP contribution in [0.15, 0.2) is 0 Å². The van der Waals surface area contributed by atoms with Crippen molar-refractivity contribution in [3.8, 4) is 0 Å². The number of ether oxygens (including phenoxy) is 5. The van der Waals surface area contributed by atoms with E-state index < -0.39 is 61.1 Å². The molecule has 4 N–H and O–H groups in total. The fourth-order valence-corrected chi connectivity index (χ4v) is 7.19. The molecule has 0 bridgehead atoms. The van der Waals surface area contributed by atoms with Gasteiger partial charge in [-0.05, 0) is 12.8 Å². The second-order valence-corrected chi connectivity index (χ2v) is 15.5. The Bertz CT molecular complexity index is 904. The molecule has 0 amide bonds. The fourth-order valence-electron chi connectivity index (χ4n) is 7.19. The zero-order valence-corrected chi connectivity index (χ0v) is 33.5. The fraction of sp³-hybridized carbons (Fsp3) is 0.952. The van der Waals surface area contributed by atoms with Gasteiger partial charge in [0.25, 0.3) is 0 Å². The van der Waals surface area contributed by atoms with Crippen LogP contribution in [0.4, 0.5) is 0 Å². The molecule has 2 fully saturated rings. The second-order valence-electron chi connectivity index (χ2n) is 15.5. The first-order valence-corrected chi connectivity index (χ1v) is 21.8. The first-order chi connectivity index (χ1) is 25.8.